The van der Waals surface area contributed by atoms with Gasteiger partial charge in [0.15, 0.2) is 0 Å². The van der Waals surface area contributed by atoms with Gasteiger partial charge in [-0.05, 0) is 163 Å². The van der Waals surface area contributed by atoms with Crippen LogP contribution >= 0.6 is 0 Å². The summed E-state index contributed by atoms with van der Waals surface area (Å²) in [7, 11) is 0. The predicted octanol–water partition coefficient (Wildman–Crippen LogP) is 14.1. The molecule has 0 radical (unpaired) electrons. The first-order valence-electron chi connectivity index (χ1n) is 27.6. The minimum absolute atomic E-state index is 0.0600. The third kappa shape index (κ3) is 6.83. The summed E-state index contributed by atoms with van der Waals surface area (Å²) < 4.78 is 18.2. The van der Waals surface area contributed by atoms with Crippen LogP contribution in [0.15, 0.2) is 158 Å². The van der Waals surface area contributed by atoms with Gasteiger partial charge >= 0.3 is 0 Å². The average Bonchev–Trinajstić information content (AvgIpc) is 4.00. The molecule has 0 bridgehead atoms. The van der Waals surface area contributed by atoms with Crippen LogP contribution < -0.4 is 47.2 Å². The Morgan fingerprint density at radius 3 is 1.60 bits per heavy atom. The normalized spacial score (nSPS) is 13.6. The molecule has 14 rings (SSSR count). The molecular weight excluding hydrogens is 910 g/mol. The number of aromatic nitrogens is 1. The quantitative estimate of drug-likeness (QED) is 0.142. The Morgan fingerprint density at radius 2 is 0.987 bits per heavy atom. The summed E-state index contributed by atoms with van der Waals surface area (Å²) in [5.74, 6) is 4.06. The van der Waals surface area contributed by atoms with E-state index in [4.69, 9.17) is 9.47 Å². The lowest BCUT2D eigenvalue weighted by molar-refractivity contribution is 0.475. The van der Waals surface area contributed by atoms with Gasteiger partial charge in [0.25, 0.3) is 13.4 Å². The molecule has 6 heteroatoms. The number of hydrogen-bond donors (Lipinski definition) is 0. The van der Waals surface area contributed by atoms with Crippen molar-refractivity contribution in [2.24, 2.45) is 0 Å². The lowest BCUT2D eigenvalue weighted by Crippen LogP contribution is -2.63. The molecule has 0 aliphatic carbocycles. The molecule has 10 aromatic rings. The largest absolute Gasteiger partial charge is 0.456 e. The zero-order chi connectivity index (χ0) is 51.2. The Balaban J connectivity index is 1.12. The summed E-state index contributed by atoms with van der Waals surface area (Å²) in [5, 5.41) is 2.58. The van der Waals surface area contributed by atoms with Crippen molar-refractivity contribution in [3.05, 3.63) is 191 Å². The Kier molecular flexibility index (Phi) is 10.3. The van der Waals surface area contributed by atoms with Crippen LogP contribution in [0.2, 0.25) is 0 Å². The van der Waals surface area contributed by atoms with E-state index in [1.54, 1.807) is 0 Å². The molecule has 0 saturated carbocycles. The van der Waals surface area contributed by atoms with E-state index in [1.807, 2.05) is 0 Å². The molecule has 75 heavy (non-hydrogen) atoms. The molecular formula is C69H62B2N2O2. The molecule has 1 aromatic heterocycles. The van der Waals surface area contributed by atoms with Crippen LogP contribution in [-0.4, -0.2) is 18.0 Å². The molecule has 4 aliphatic heterocycles. The fourth-order valence-electron chi connectivity index (χ4n) is 13.1. The monoisotopic (exact) mass is 972 g/mol. The molecule has 0 atom stereocenters. The smallest absolute Gasteiger partial charge is 0.256 e. The third-order valence-electron chi connectivity index (χ3n) is 17.3. The summed E-state index contributed by atoms with van der Waals surface area (Å²) in [4.78, 5) is 2.52. The first-order valence-corrected chi connectivity index (χ1v) is 27.6. The van der Waals surface area contributed by atoms with Crippen molar-refractivity contribution in [3.8, 4) is 50.9 Å². The number of ether oxygens (including phenoxy) is 2. The van der Waals surface area contributed by atoms with E-state index in [0.29, 0.717) is 5.92 Å². The van der Waals surface area contributed by atoms with Crippen LogP contribution in [0.1, 0.15) is 102 Å². The van der Waals surface area contributed by atoms with Gasteiger partial charge in [0.1, 0.15) is 23.0 Å². The highest BCUT2D eigenvalue weighted by molar-refractivity contribution is 7.02. The van der Waals surface area contributed by atoms with Crippen LogP contribution in [-0.2, 0) is 31.1 Å². The average molecular weight is 973 g/mol. The van der Waals surface area contributed by atoms with Gasteiger partial charge in [0.2, 0.25) is 0 Å². The maximum atomic E-state index is 7.80. The van der Waals surface area contributed by atoms with Crippen LogP contribution in [0.5, 0.6) is 23.0 Å². The Hall–Kier alpha value is -7.69. The van der Waals surface area contributed by atoms with Gasteiger partial charge in [-0.3, -0.25) is 0 Å². The third-order valence-corrected chi connectivity index (χ3v) is 17.3. The second-order valence-corrected chi connectivity index (χ2v) is 22.9. The summed E-state index contributed by atoms with van der Waals surface area (Å²) >= 11 is 0. The van der Waals surface area contributed by atoms with Gasteiger partial charge in [0, 0.05) is 38.6 Å². The number of nitrogens with zero attached hydrogens (tertiary/aromatic N) is 2. The molecule has 0 amide bonds. The van der Waals surface area contributed by atoms with Gasteiger partial charge in [-0.15, -0.1) is 0 Å². The maximum Gasteiger partial charge on any atom is 0.256 e. The second-order valence-electron chi connectivity index (χ2n) is 22.9. The molecule has 0 saturated heterocycles. The SMILES string of the molecule is CCc1ccc(N2c3ccc(CC)cc3B3c4cc(-c5ccc(C(C)(C)C)cc5)ccc4Oc4c3c2c2c3c4-n4c5ccc(CC)cc5c5cc(CC)cc(c54)B3c3cc(-c4ccc(C(C)C)cc4)ccc3O2)cc1. The number of aryl methyl sites for hydroxylation is 4. The molecule has 4 aliphatic rings. The fourth-order valence-corrected chi connectivity index (χ4v) is 13.1. The van der Waals surface area contributed by atoms with Crippen molar-refractivity contribution < 1.29 is 9.47 Å². The van der Waals surface area contributed by atoms with E-state index < -0.39 is 0 Å². The standard InChI is InChI=1S/C69H62B2N2O2/c1-10-41-14-28-51(29-15-41)72-59-31-17-43(12-3)36-54(59)70-55-38-49(47-22-26-50(27-23-47)69(7,8)9)25-32-60(55)75-68-62(70)65(72)67-63-66(68)73-58-30-16-42(11-2)34-52(58)53-35-44(13-4)37-57(64(53)73)71(63)56-39-48(24-33-61(56)74-67)46-20-18-45(19-21-46)40(5)6/h14-40H,10-13H2,1-9H3. The van der Waals surface area contributed by atoms with Crippen molar-refractivity contribution in [1.29, 1.82) is 0 Å². The predicted molar refractivity (Wildman–Crippen MR) is 319 cm³/mol. The van der Waals surface area contributed by atoms with E-state index in [0.717, 1.165) is 76.7 Å². The van der Waals surface area contributed by atoms with Crippen molar-refractivity contribution >= 4 is 85.1 Å². The van der Waals surface area contributed by atoms with Crippen LogP contribution in [0.3, 0.4) is 0 Å². The summed E-state index contributed by atoms with van der Waals surface area (Å²) in [6.45, 7) is 20.1. The van der Waals surface area contributed by atoms with E-state index in [9.17, 15) is 0 Å². The number of rotatable bonds is 8. The molecule has 9 aromatic carbocycles. The van der Waals surface area contributed by atoms with E-state index in [1.165, 1.54) is 105 Å². The summed E-state index contributed by atoms with van der Waals surface area (Å²) in [6, 6.07) is 60.8. The van der Waals surface area contributed by atoms with Gasteiger partial charge in [-0.2, -0.15) is 0 Å². The van der Waals surface area contributed by atoms with Gasteiger partial charge in [-0.1, -0.05) is 172 Å². The molecule has 0 spiro atoms. The summed E-state index contributed by atoms with van der Waals surface area (Å²) in [6.07, 6.45) is 3.79. The molecule has 0 unspecified atom stereocenters. The minimum atomic E-state index is -0.158. The van der Waals surface area contributed by atoms with E-state index >= 15 is 0 Å². The summed E-state index contributed by atoms with van der Waals surface area (Å²) in [5.41, 5.74) is 26.9. The highest BCUT2D eigenvalue weighted by Gasteiger charge is 2.51. The van der Waals surface area contributed by atoms with Crippen LogP contribution in [0.25, 0.3) is 49.7 Å². The molecule has 366 valence electrons. The first-order chi connectivity index (χ1) is 36.4. The zero-order valence-electron chi connectivity index (χ0n) is 44.8. The van der Waals surface area contributed by atoms with Crippen molar-refractivity contribution in [2.75, 3.05) is 4.90 Å². The number of hydrogen-bond acceptors (Lipinski definition) is 3. The minimum Gasteiger partial charge on any atom is -0.456 e. The van der Waals surface area contributed by atoms with Gasteiger partial charge in [-0.25, -0.2) is 0 Å². The Bertz CT molecular complexity index is 4010. The topological polar surface area (TPSA) is 26.6 Å². The molecule has 4 nitrogen and oxygen atoms in total. The second kappa shape index (κ2) is 16.9. The van der Waals surface area contributed by atoms with Crippen molar-refractivity contribution in [2.45, 2.75) is 99.3 Å². The van der Waals surface area contributed by atoms with Crippen molar-refractivity contribution in [1.82, 2.24) is 4.57 Å². The number of benzene rings is 9. The lowest BCUT2D eigenvalue weighted by atomic mass is 9.31. The van der Waals surface area contributed by atoms with Crippen LogP contribution in [0.4, 0.5) is 17.1 Å². The van der Waals surface area contributed by atoms with Gasteiger partial charge in [0.05, 0.1) is 16.9 Å². The lowest BCUT2D eigenvalue weighted by Gasteiger charge is -2.45. The Morgan fingerprint density at radius 1 is 0.467 bits per heavy atom. The zero-order valence-corrected chi connectivity index (χ0v) is 44.8. The molecule has 0 N–H and O–H groups in total. The number of anilines is 3. The van der Waals surface area contributed by atoms with Gasteiger partial charge < -0.3 is 18.9 Å². The van der Waals surface area contributed by atoms with Crippen molar-refractivity contribution in [3.63, 3.8) is 0 Å². The highest BCUT2D eigenvalue weighted by atomic mass is 16.5. The van der Waals surface area contributed by atoms with E-state index in [-0.39, 0.29) is 18.8 Å². The Labute approximate surface area is 443 Å². The highest BCUT2D eigenvalue weighted by Crippen LogP contribution is 2.52. The number of fused-ring (bicyclic) bond motifs is 13. The first kappa shape index (κ1) is 45.9. The fraction of sp³-hybridized carbons (Fsp3) is 0.217. The maximum absolute atomic E-state index is 7.80. The van der Waals surface area contributed by atoms with E-state index in [2.05, 4.69) is 230 Å². The molecule has 0 fully saturated rings. The van der Waals surface area contributed by atoms with Crippen LogP contribution in [0, 0.1) is 0 Å². The molecule has 5 heterocycles.